The van der Waals surface area contributed by atoms with Gasteiger partial charge in [-0.25, -0.2) is 4.79 Å². The normalized spacial score (nSPS) is 25.3. The monoisotopic (exact) mass is 345 g/mol. The summed E-state index contributed by atoms with van der Waals surface area (Å²) >= 11 is 0. The lowest BCUT2D eigenvalue weighted by Gasteiger charge is -2.36. The van der Waals surface area contributed by atoms with Gasteiger partial charge >= 0.3 is 6.03 Å². The van der Waals surface area contributed by atoms with Gasteiger partial charge in [-0.3, -0.25) is 14.8 Å². The van der Waals surface area contributed by atoms with E-state index in [2.05, 4.69) is 33.9 Å². The molecule has 0 spiro atoms. The van der Waals surface area contributed by atoms with Crippen LogP contribution in [0.5, 0.6) is 0 Å². The Morgan fingerprint density at radius 3 is 2.48 bits per heavy atom. The molecule has 0 aromatic carbocycles. The summed E-state index contributed by atoms with van der Waals surface area (Å²) in [6.45, 7) is 11.0. The van der Waals surface area contributed by atoms with Gasteiger partial charge < -0.3 is 10.2 Å². The zero-order chi connectivity index (χ0) is 17.6. The molecular formula is C19H31N5O. The van der Waals surface area contributed by atoms with Gasteiger partial charge in [0.25, 0.3) is 0 Å². The summed E-state index contributed by atoms with van der Waals surface area (Å²) in [5.41, 5.74) is 0.892. The molecule has 0 unspecified atom stereocenters. The number of nitrogens with zero attached hydrogens (tertiary/aromatic N) is 4. The quantitative estimate of drug-likeness (QED) is 0.884. The Morgan fingerprint density at radius 1 is 1.12 bits per heavy atom. The number of carbonyl (C=O) groups excluding carboxylic acids is 1. The second-order valence-electron chi connectivity index (χ2n) is 7.32. The second-order valence-corrected chi connectivity index (χ2v) is 7.32. The van der Waals surface area contributed by atoms with Crippen molar-refractivity contribution in [1.82, 2.24) is 25.0 Å². The number of piperazine rings is 1. The number of carbonyl (C=O) groups is 1. The Morgan fingerprint density at radius 2 is 1.84 bits per heavy atom. The van der Waals surface area contributed by atoms with Gasteiger partial charge in [-0.15, -0.1) is 0 Å². The van der Waals surface area contributed by atoms with Gasteiger partial charge in [0.2, 0.25) is 0 Å². The van der Waals surface area contributed by atoms with Gasteiger partial charge in [0.05, 0.1) is 12.2 Å². The van der Waals surface area contributed by atoms with Crippen LogP contribution in [0.2, 0.25) is 0 Å². The highest BCUT2D eigenvalue weighted by Crippen LogP contribution is 2.22. The molecular weight excluding hydrogens is 314 g/mol. The van der Waals surface area contributed by atoms with Crippen LogP contribution < -0.4 is 5.32 Å². The number of nitrogens with one attached hydrogen (secondary N) is 1. The van der Waals surface area contributed by atoms with Crippen molar-refractivity contribution < 1.29 is 4.79 Å². The van der Waals surface area contributed by atoms with Crippen molar-refractivity contribution in [2.45, 2.75) is 45.3 Å². The SMILES string of the molecule is C[C@H]1CC[C@H](C)N1CCN1CCN(C(=O)NCc2ccccn2)CC1. The van der Waals surface area contributed by atoms with E-state index in [9.17, 15) is 4.79 Å². The average molecular weight is 345 g/mol. The Kier molecular flexibility index (Phi) is 6.26. The zero-order valence-corrected chi connectivity index (χ0v) is 15.5. The minimum absolute atomic E-state index is 0.0205. The molecule has 2 amide bonds. The van der Waals surface area contributed by atoms with Crippen molar-refractivity contribution in [3.05, 3.63) is 30.1 Å². The number of pyridine rings is 1. The number of likely N-dealkylation sites (tertiary alicyclic amines) is 1. The molecule has 2 atom stereocenters. The maximum Gasteiger partial charge on any atom is 0.317 e. The summed E-state index contributed by atoms with van der Waals surface area (Å²) in [5, 5.41) is 2.97. The Balaban J connectivity index is 1.36. The van der Waals surface area contributed by atoms with Gasteiger partial charge in [-0.2, -0.15) is 0 Å². The number of rotatable bonds is 5. The lowest BCUT2D eigenvalue weighted by molar-refractivity contribution is 0.118. The predicted molar refractivity (Wildman–Crippen MR) is 99.3 cm³/mol. The van der Waals surface area contributed by atoms with Crippen molar-refractivity contribution in [3.8, 4) is 0 Å². The Hall–Kier alpha value is -1.66. The zero-order valence-electron chi connectivity index (χ0n) is 15.5. The third kappa shape index (κ3) is 4.92. The molecule has 6 nitrogen and oxygen atoms in total. The smallest absolute Gasteiger partial charge is 0.317 e. The Bertz CT molecular complexity index is 534. The fourth-order valence-electron chi connectivity index (χ4n) is 3.90. The van der Waals surface area contributed by atoms with Crippen LogP contribution in [-0.4, -0.2) is 77.1 Å². The fourth-order valence-corrected chi connectivity index (χ4v) is 3.90. The lowest BCUT2D eigenvalue weighted by Crippen LogP contribution is -2.53. The lowest BCUT2D eigenvalue weighted by atomic mass is 10.2. The van der Waals surface area contributed by atoms with Gasteiger partial charge in [0, 0.05) is 57.5 Å². The van der Waals surface area contributed by atoms with Crippen molar-refractivity contribution in [3.63, 3.8) is 0 Å². The summed E-state index contributed by atoms with van der Waals surface area (Å²) in [5.74, 6) is 0. The molecule has 2 saturated heterocycles. The van der Waals surface area contributed by atoms with Gasteiger partial charge in [0.15, 0.2) is 0 Å². The molecule has 6 heteroatoms. The Labute approximate surface area is 151 Å². The number of urea groups is 1. The topological polar surface area (TPSA) is 51.7 Å². The first kappa shape index (κ1) is 18.1. The van der Waals surface area contributed by atoms with Crippen LogP contribution in [0.25, 0.3) is 0 Å². The van der Waals surface area contributed by atoms with E-state index in [1.807, 2.05) is 23.1 Å². The third-order valence-electron chi connectivity index (χ3n) is 5.62. The molecule has 1 aromatic heterocycles. The average Bonchev–Trinajstić information content (AvgIpc) is 2.97. The van der Waals surface area contributed by atoms with Crippen molar-refractivity contribution in [2.75, 3.05) is 39.3 Å². The van der Waals surface area contributed by atoms with E-state index >= 15 is 0 Å². The standard InChI is InChI=1S/C19H31N5O/c1-16-6-7-17(2)24(16)14-11-22-9-12-23(13-10-22)19(25)21-15-18-5-3-4-8-20-18/h3-5,8,16-17H,6-7,9-15H2,1-2H3,(H,21,25)/t16-,17-/m0/s1. The maximum absolute atomic E-state index is 12.3. The molecule has 2 aliphatic heterocycles. The first-order valence-corrected chi connectivity index (χ1v) is 9.54. The minimum atomic E-state index is 0.0205. The van der Waals surface area contributed by atoms with E-state index in [-0.39, 0.29) is 6.03 Å². The first-order chi connectivity index (χ1) is 12.1. The van der Waals surface area contributed by atoms with E-state index in [0.29, 0.717) is 18.6 Å². The molecule has 1 N–H and O–H groups in total. The minimum Gasteiger partial charge on any atom is -0.332 e. The van der Waals surface area contributed by atoms with Crippen LogP contribution in [0.15, 0.2) is 24.4 Å². The molecule has 25 heavy (non-hydrogen) atoms. The van der Waals surface area contributed by atoms with E-state index in [4.69, 9.17) is 0 Å². The molecule has 3 rings (SSSR count). The summed E-state index contributed by atoms with van der Waals surface area (Å²) in [7, 11) is 0. The molecule has 2 fully saturated rings. The third-order valence-corrected chi connectivity index (χ3v) is 5.62. The molecule has 0 radical (unpaired) electrons. The first-order valence-electron chi connectivity index (χ1n) is 9.54. The van der Waals surface area contributed by atoms with Gasteiger partial charge in [0.1, 0.15) is 0 Å². The molecule has 1 aromatic rings. The van der Waals surface area contributed by atoms with E-state index in [1.54, 1.807) is 6.20 Å². The maximum atomic E-state index is 12.3. The largest absolute Gasteiger partial charge is 0.332 e. The summed E-state index contributed by atoms with van der Waals surface area (Å²) in [4.78, 5) is 23.6. The van der Waals surface area contributed by atoms with E-state index in [0.717, 1.165) is 45.0 Å². The van der Waals surface area contributed by atoms with Crippen LogP contribution in [0, 0.1) is 0 Å². The van der Waals surface area contributed by atoms with Crippen LogP contribution >= 0.6 is 0 Å². The highest BCUT2D eigenvalue weighted by atomic mass is 16.2. The predicted octanol–water partition coefficient (Wildman–Crippen LogP) is 1.78. The van der Waals surface area contributed by atoms with Crippen molar-refractivity contribution >= 4 is 6.03 Å². The molecule has 3 heterocycles. The van der Waals surface area contributed by atoms with Crippen LogP contribution in [0.3, 0.4) is 0 Å². The van der Waals surface area contributed by atoms with Crippen LogP contribution in [0.4, 0.5) is 4.79 Å². The molecule has 0 aliphatic carbocycles. The summed E-state index contributed by atoms with van der Waals surface area (Å²) < 4.78 is 0. The molecule has 0 saturated carbocycles. The molecule has 138 valence electrons. The number of hydrogen-bond acceptors (Lipinski definition) is 4. The number of amides is 2. The number of aromatic nitrogens is 1. The number of hydrogen-bond donors (Lipinski definition) is 1. The molecule has 2 aliphatic rings. The van der Waals surface area contributed by atoms with Gasteiger partial charge in [-0.1, -0.05) is 6.07 Å². The summed E-state index contributed by atoms with van der Waals surface area (Å²) in [6, 6.07) is 7.21. The van der Waals surface area contributed by atoms with Crippen molar-refractivity contribution in [2.24, 2.45) is 0 Å². The highest BCUT2D eigenvalue weighted by Gasteiger charge is 2.28. The van der Waals surface area contributed by atoms with Crippen LogP contribution in [0.1, 0.15) is 32.4 Å². The van der Waals surface area contributed by atoms with E-state index < -0.39 is 0 Å². The van der Waals surface area contributed by atoms with Crippen LogP contribution in [-0.2, 0) is 6.54 Å². The second kappa shape index (κ2) is 8.63. The molecule has 0 bridgehead atoms. The van der Waals surface area contributed by atoms with Crippen molar-refractivity contribution in [1.29, 1.82) is 0 Å². The fraction of sp³-hybridized carbons (Fsp3) is 0.684. The van der Waals surface area contributed by atoms with E-state index in [1.165, 1.54) is 12.8 Å². The van der Waals surface area contributed by atoms with Gasteiger partial charge in [-0.05, 0) is 38.8 Å². The highest BCUT2D eigenvalue weighted by molar-refractivity contribution is 5.74. The summed E-state index contributed by atoms with van der Waals surface area (Å²) in [6.07, 6.45) is 4.40.